The first-order valence-corrected chi connectivity index (χ1v) is 6.94. The number of aldehydes is 1. The number of anilines is 1. The van der Waals surface area contributed by atoms with E-state index >= 15 is 0 Å². The summed E-state index contributed by atoms with van der Waals surface area (Å²) in [7, 11) is 1.59. The number of carbonyl (C=O) groups excluding carboxylic acids is 2. The Morgan fingerprint density at radius 3 is 2.90 bits per heavy atom. The Balaban J connectivity index is 2.32. The molecule has 1 amide bonds. The molecular weight excluding hydrogens is 341 g/mol. The Morgan fingerprint density at radius 2 is 2.24 bits per heavy atom. The first-order chi connectivity index (χ1) is 9.93. The van der Waals surface area contributed by atoms with Crippen molar-refractivity contribution in [1.29, 1.82) is 0 Å². The Kier molecular flexibility index (Phi) is 4.52. The van der Waals surface area contributed by atoms with E-state index in [2.05, 4.69) is 26.3 Å². The Hall–Kier alpha value is -2.02. The highest BCUT2D eigenvalue weighted by Crippen LogP contribution is 2.24. The number of benzene rings is 1. The first kappa shape index (κ1) is 15.4. The Bertz CT molecular complexity index is 712. The number of aromatic nitrogens is 2. The van der Waals surface area contributed by atoms with E-state index in [0.717, 1.165) is 5.56 Å². The number of nitrogens with one attached hydrogen (secondary N) is 1. The van der Waals surface area contributed by atoms with Gasteiger partial charge in [-0.25, -0.2) is 4.39 Å². The Morgan fingerprint density at radius 1 is 1.52 bits per heavy atom. The number of nitrogens with zero attached hydrogens (tertiary/aromatic N) is 2. The fraction of sp³-hybridized carbons (Fsp3) is 0.214. The van der Waals surface area contributed by atoms with Gasteiger partial charge < -0.3 is 10.1 Å². The predicted octanol–water partition coefficient (Wildman–Crippen LogP) is 2.62. The molecule has 0 aliphatic rings. The molecular formula is C14H13BrFN3O2. The molecule has 7 heteroatoms. The Labute approximate surface area is 129 Å². The second-order valence-electron chi connectivity index (χ2n) is 4.55. The van der Waals surface area contributed by atoms with Gasteiger partial charge in [0.2, 0.25) is 0 Å². The largest absolute Gasteiger partial charge is 0.318 e. The van der Waals surface area contributed by atoms with Crippen LogP contribution in [0.1, 0.15) is 21.6 Å². The van der Waals surface area contributed by atoms with Crippen LogP contribution in [0.2, 0.25) is 0 Å². The topological polar surface area (TPSA) is 64.0 Å². The van der Waals surface area contributed by atoms with Crippen molar-refractivity contribution in [3.63, 3.8) is 0 Å². The van der Waals surface area contributed by atoms with E-state index in [9.17, 15) is 14.0 Å². The summed E-state index contributed by atoms with van der Waals surface area (Å²) in [5, 5.41) is 6.46. The molecule has 0 bridgehead atoms. The van der Waals surface area contributed by atoms with Gasteiger partial charge in [-0.1, -0.05) is 15.9 Å². The van der Waals surface area contributed by atoms with Crippen molar-refractivity contribution in [2.24, 2.45) is 7.05 Å². The van der Waals surface area contributed by atoms with Crippen LogP contribution < -0.4 is 5.32 Å². The molecule has 0 saturated carbocycles. The lowest BCUT2D eigenvalue weighted by molar-refractivity contribution is -0.107. The third-order valence-electron chi connectivity index (χ3n) is 3.03. The van der Waals surface area contributed by atoms with Gasteiger partial charge in [0.25, 0.3) is 5.91 Å². The van der Waals surface area contributed by atoms with Crippen LogP contribution in [-0.2, 0) is 18.3 Å². The summed E-state index contributed by atoms with van der Waals surface area (Å²) >= 11 is 3.22. The fourth-order valence-electron chi connectivity index (χ4n) is 1.95. The van der Waals surface area contributed by atoms with Crippen LogP contribution in [0.15, 0.2) is 22.8 Å². The standard InChI is InChI=1S/C14H13BrFN3O2/c1-8-5-12(11(16)6-10(8)15)18-14(21)13-9(3-4-20)7-17-19(13)2/h4-7H,3H2,1-2H3,(H,18,21). The van der Waals surface area contributed by atoms with E-state index in [1.807, 2.05) is 0 Å². The average molecular weight is 354 g/mol. The maximum absolute atomic E-state index is 13.9. The van der Waals surface area contributed by atoms with Gasteiger partial charge in [0.1, 0.15) is 17.8 Å². The number of hydrogen-bond donors (Lipinski definition) is 1. The zero-order chi connectivity index (χ0) is 15.6. The van der Waals surface area contributed by atoms with Crippen molar-refractivity contribution >= 4 is 33.8 Å². The molecule has 0 saturated heterocycles. The number of hydrogen-bond acceptors (Lipinski definition) is 3. The fourth-order valence-corrected chi connectivity index (χ4v) is 2.26. The summed E-state index contributed by atoms with van der Waals surface area (Å²) in [6, 6.07) is 2.83. The first-order valence-electron chi connectivity index (χ1n) is 6.15. The van der Waals surface area contributed by atoms with Crippen LogP contribution in [0.25, 0.3) is 0 Å². The van der Waals surface area contributed by atoms with E-state index in [1.165, 1.54) is 23.0 Å². The van der Waals surface area contributed by atoms with Gasteiger partial charge in [0.15, 0.2) is 0 Å². The van der Waals surface area contributed by atoms with Crippen LogP contribution in [0.3, 0.4) is 0 Å². The molecule has 0 aliphatic heterocycles. The van der Waals surface area contributed by atoms with Gasteiger partial charge in [0, 0.05) is 23.5 Å². The summed E-state index contributed by atoms with van der Waals surface area (Å²) in [4.78, 5) is 22.9. The molecule has 0 spiro atoms. The smallest absolute Gasteiger partial charge is 0.274 e. The normalized spacial score (nSPS) is 10.5. The predicted molar refractivity (Wildman–Crippen MR) is 79.8 cm³/mol. The third kappa shape index (κ3) is 3.18. The lowest BCUT2D eigenvalue weighted by atomic mass is 10.1. The van der Waals surface area contributed by atoms with Gasteiger partial charge in [-0.15, -0.1) is 0 Å². The molecule has 21 heavy (non-hydrogen) atoms. The zero-order valence-corrected chi connectivity index (χ0v) is 13.1. The number of amides is 1. The van der Waals surface area contributed by atoms with Crippen LogP contribution in [0.5, 0.6) is 0 Å². The summed E-state index contributed by atoms with van der Waals surface area (Å²) in [5.74, 6) is -1.05. The van der Waals surface area contributed by atoms with Crippen LogP contribution >= 0.6 is 15.9 Å². The lowest BCUT2D eigenvalue weighted by Crippen LogP contribution is -2.19. The second kappa shape index (κ2) is 6.17. The van der Waals surface area contributed by atoms with Gasteiger partial charge in [-0.2, -0.15) is 5.10 Å². The van der Waals surface area contributed by atoms with Gasteiger partial charge in [-0.3, -0.25) is 9.48 Å². The summed E-state index contributed by atoms with van der Waals surface area (Å²) in [5.41, 5.74) is 1.62. The van der Waals surface area contributed by atoms with Crippen molar-refractivity contribution in [3.05, 3.63) is 45.4 Å². The van der Waals surface area contributed by atoms with E-state index < -0.39 is 11.7 Å². The van der Waals surface area contributed by atoms with Crippen molar-refractivity contribution < 1.29 is 14.0 Å². The molecule has 0 fully saturated rings. The number of rotatable bonds is 4. The second-order valence-corrected chi connectivity index (χ2v) is 5.40. The molecule has 1 aromatic heterocycles. The van der Waals surface area contributed by atoms with E-state index in [1.54, 1.807) is 14.0 Å². The minimum Gasteiger partial charge on any atom is -0.318 e. The highest BCUT2D eigenvalue weighted by atomic mass is 79.9. The van der Waals surface area contributed by atoms with Crippen LogP contribution in [-0.4, -0.2) is 22.0 Å². The summed E-state index contributed by atoms with van der Waals surface area (Å²) in [6.45, 7) is 1.79. The lowest BCUT2D eigenvalue weighted by Gasteiger charge is -2.10. The molecule has 2 rings (SSSR count). The van der Waals surface area contributed by atoms with Gasteiger partial charge in [0.05, 0.1) is 11.9 Å². The summed E-state index contributed by atoms with van der Waals surface area (Å²) < 4.78 is 15.8. The van der Waals surface area contributed by atoms with Gasteiger partial charge in [-0.05, 0) is 24.6 Å². The number of aryl methyl sites for hydroxylation is 2. The SMILES string of the molecule is Cc1cc(NC(=O)c2c(CC=O)cnn2C)c(F)cc1Br. The molecule has 0 unspecified atom stereocenters. The van der Waals surface area contributed by atoms with Crippen molar-refractivity contribution in [3.8, 4) is 0 Å². The van der Waals surface area contributed by atoms with Crippen LogP contribution in [0, 0.1) is 12.7 Å². The number of carbonyl (C=O) groups is 2. The highest BCUT2D eigenvalue weighted by molar-refractivity contribution is 9.10. The maximum Gasteiger partial charge on any atom is 0.274 e. The molecule has 0 radical (unpaired) electrons. The van der Waals surface area contributed by atoms with Crippen molar-refractivity contribution in [2.45, 2.75) is 13.3 Å². The molecule has 5 nitrogen and oxygen atoms in total. The van der Waals surface area contributed by atoms with Crippen LogP contribution in [0.4, 0.5) is 10.1 Å². The maximum atomic E-state index is 13.9. The number of halogens is 2. The van der Waals surface area contributed by atoms with Crippen molar-refractivity contribution in [1.82, 2.24) is 9.78 Å². The minimum atomic E-state index is -0.542. The van der Waals surface area contributed by atoms with Crippen molar-refractivity contribution in [2.75, 3.05) is 5.32 Å². The average Bonchev–Trinajstić information content (AvgIpc) is 2.77. The molecule has 1 aromatic carbocycles. The van der Waals surface area contributed by atoms with E-state index in [0.29, 0.717) is 16.3 Å². The zero-order valence-electron chi connectivity index (χ0n) is 11.5. The quantitative estimate of drug-likeness (QED) is 0.859. The molecule has 1 N–H and O–H groups in total. The molecule has 0 atom stereocenters. The minimum absolute atomic E-state index is 0.0818. The molecule has 1 heterocycles. The summed E-state index contributed by atoms with van der Waals surface area (Å²) in [6.07, 6.45) is 2.23. The molecule has 2 aromatic rings. The van der Waals surface area contributed by atoms with E-state index in [4.69, 9.17) is 0 Å². The molecule has 110 valence electrons. The molecule has 0 aliphatic carbocycles. The van der Waals surface area contributed by atoms with E-state index in [-0.39, 0.29) is 17.8 Å². The monoisotopic (exact) mass is 353 g/mol. The van der Waals surface area contributed by atoms with Gasteiger partial charge >= 0.3 is 0 Å². The third-order valence-corrected chi connectivity index (χ3v) is 3.88. The highest BCUT2D eigenvalue weighted by Gasteiger charge is 2.18.